The molecule has 0 fully saturated rings. The van der Waals surface area contributed by atoms with Crippen LogP contribution in [0, 0.1) is 0 Å². The number of pyridine rings is 1. The van der Waals surface area contributed by atoms with Gasteiger partial charge in [-0.3, -0.25) is 0 Å². The lowest BCUT2D eigenvalue weighted by Gasteiger charge is -2.10. The maximum absolute atomic E-state index is 10.00. The summed E-state index contributed by atoms with van der Waals surface area (Å²) in [6.45, 7) is 0. The Balaban J connectivity index is 2.29. The summed E-state index contributed by atoms with van der Waals surface area (Å²) in [4.78, 5) is 3.93. The number of halogens is 1. The van der Waals surface area contributed by atoms with Crippen LogP contribution < -0.4 is 0 Å². The Kier molecular flexibility index (Phi) is 2.99. The lowest BCUT2D eigenvalue weighted by molar-refractivity contribution is 0.220. The zero-order valence-electron chi connectivity index (χ0n) is 7.97. The number of hydrogen-bond acceptors (Lipinski definition) is 2. The van der Waals surface area contributed by atoms with Crippen molar-refractivity contribution < 1.29 is 5.11 Å². The third kappa shape index (κ3) is 2.35. The Bertz CT molecular complexity index is 427. The number of rotatable bonds is 2. The summed E-state index contributed by atoms with van der Waals surface area (Å²) in [5.41, 5.74) is 1.59. The molecule has 0 aliphatic rings. The van der Waals surface area contributed by atoms with Crippen molar-refractivity contribution in [3.63, 3.8) is 0 Å². The molecule has 0 amide bonds. The van der Waals surface area contributed by atoms with E-state index in [1.807, 2.05) is 30.3 Å². The number of aliphatic hydroxyl groups is 1. The highest BCUT2D eigenvalue weighted by molar-refractivity contribution is 6.29. The standard InChI is InChI=1S/C12H10ClNO/c13-11-7-6-10(8-14-11)12(15)9-4-2-1-3-5-9/h1-8,12,15H/t12-/m1/s1. The third-order valence-electron chi connectivity index (χ3n) is 2.18. The zero-order chi connectivity index (χ0) is 10.7. The van der Waals surface area contributed by atoms with Gasteiger partial charge in [-0.2, -0.15) is 0 Å². The number of aromatic nitrogens is 1. The molecule has 2 nitrogen and oxygen atoms in total. The molecule has 0 radical (unpaired) electrons. The fourth-order valence-corrected chi connectivity index (χ4v) is 1.49. The van der Waals surface area contributed by atoms with E-state index in [-0.39, 0.29) is 0 Å². The second-order valence-electron chi connectivity index (χ2n) is 3.23. The van der Waals surface area contributed by atoms with Crippen molar-refractivity contribution in [3.8, 4) is 0 Å². The second kappa shape index (κ2) is 4.43. The van der Waals surface area contributed by atoms with Crippen LogP contribution in [0.25, 0.3) is 0 Å². The molecule has 2 rings (SSSR count). The van der Waals surface area contributed by atoms with Crippen LogP contribution >= 0.6 is 11.6 Å². The number of aliphatic hydroxyl groups excluding tert-OH is 1. The first-order chi connectivity index (χ1) is 7.27. The topological polar surface area (TPSA) is 33.1 Å². The summed E-state index contributed by atoms with van der Waals surface area (Å²) < 4.78 is 0. The van der Waals surface area contributed by atoms with Crippen LogP contribution in [0.5, 0.6) is 0 Å². The van der Waals surface area contributed by atoms with Gasteiger partial charge in [-0.05, 0) is 11.6 Å². The van der Waals surface area contributed by atoms with Crippen LogP contribution in [-0.4, -0.2) is 10.1 Å². The minimum Gasteiger partial charge on any atom is -0.384 e. The van der Waals surface area contributed by atoms with Gasteiger partial charge >= 0.3 is 0 Å². The summed E-state index contributed by atoms with van der Waals surface area (Å²) in [6.07, 6.45) is 0.941. The van der Waals surface area contributed by atoms with E-state index in [4.69, 9.17) is 11.6 Å². The van der Waals surface area contributed by atoms with Gasteiger partial charge in [-0.25, -0.2) is 4.98 Å². The second-order valence-corrected chi connectivity index (χ2v) is 3.61. The van der Waals surface area contributed by atoms with Gasteiger partial charge in [0.1, 0.15) is 11.3 Å². The Morgan fingerprint density at radius 1 is 1.00 bits per heavy atom. The van der Waals surface area contributed by atoms with E-state index in [2.05, 4.69) is 4.98 Å². The molecule has 0 bridgehead atoms. The highest BCUT2D eigenvalue weighted by atomic mass is 35.5. The predicted octanol–water partition coefficient (Wildman–Crippen LogP) is 2.82. The molecule has 0 saturated carbocycles. The summed E-state index contributed by atoms with van der Waals surface area (Å²) >= 11 is 5.67. The normalized spacial score (nSPS) is 12.4. The van der Waals surface area contributed by atoms with Crippen molar-refractivity contribution in [3.05, 3.63) is 64.9 Å². The number of hydrogen-bond donors (Lipinski definition) is 1. The van der Waals surface area contributed by atoms with Crippen LogP contribution in [0.1, 0.15) is 17.2 Å². The van der Waals surface area contributed by atoms with Gasteiger partial charge in [-0.15, -0.1) is 0 Å². The van der Waals surface area contributed by atoms with Crippen molar-refractivity contribution >= 4 is 11.6 Å². The summed E-state index contributed by atoms with van der Waals surface area (Å²) in [7, 11) is 0. The number of nitrogens with zero attached hydrogens (tertiary/aromatic N) is 1. The van der Waals surface area contributed by atoms with Gasteiger partial charge in [0, 0.05) is 11.8 Å². The summed E-state index contributed by atoms with van der Waals surface area (Å²) in [6, 6.07) is 12.9. The first-order valence-corrected chi connectivity index (χ1v) is 4.99. The third-order valence-corrected chi connectivity index (χ3v) is 2.40. The summed E-state index contributed by atoms with van der Waals surface area (Å²) in [5.74, 6) is 0. The van der Waals surface area contributed by atoms with Crippen molar-refractivity contribution in [1.82, 2.24) is 4.98 Å². The van der Waals surface area contributed by atoms with E-state index < -0.39 is 6.10 Å². The van der Waals surface area contributed by atoms with Crippen LogP contribution in [0.2, 0.25) is 5.15 Å². The predicted molar refractivity (Wildman–Crippen MR) is 59.8 cm³/mol. The number of benzene rings is 1. The first-order valence-electron chi connectivity index (χ1n) is 4.62. The largest absolute Gasteiger partial charge is 0.384 e. The maximum atomic E-state index is 10.00. The molecule has 0 unspecified atom stereocenters. The van der Waals surface area contributed by atoms with Gasteiger partial charge in [-0.1, -0.05) is 48.0 Å². The molecule has 0 spiro atoms. The molecule has 3 heteroatoms. The highest BCUT2D eigenvalue weighted by Crippen LogP contribution is 2.21. The molecule has 1 atom stereocenters. The monoisotopic (exact) mass is 219 g/mol. The molecular weight excluding hydrogens is 210 g/mol. The molecule has 1 N–H and O–H groups in total. The molecular formula is C12H10ClNO. The van der Waals surface area contributed by atoms with Gasteiger partial charge in [0.05, 0.1) is 0 Å². The summed E-state index contributed by atoms with van der Waals surface area (Å²) in [5, 5.41) is 10.4. The Labute approximate surface area is 93.2 Å². The fourth-order valence-electron chi connectivity index (χ4n) is 1.38. The smallest absolute Gasteiger partial charge is 0.129 e. The molecule has 15 heavy (non-hydrogen) atoms. The molecule has 1 aromatic carbocycles. The van der Waals surface area contributed by atoms with E-state index in [0.29, 0.717) is 5.15 Å². The van der Waals surface area contributed by atoms with Crippen molar-refractivity contribution in [2.75, 3.05) is 0 Å². The molecule has 0 aliphatic carbocycles. The van der Waals surface area contributed by atoms with E-state index in [0.717, 1.165) is 11.1 Å². The van der Waals surface area contributed by atoms with Gasteiger partial charge in [0.15, 0.2) is 0 Å². The SMILES string of the molecule is O[C@H](c1ccccc1)c1ccc(Cl)nc1. The van der Waals surface area contributed by atoms with Crippen molar-refractivity contribution in [1.29, 1.82) is 0 Å². The maximum Gasteiger partial charge on any atom is 0.129 e. The Morgan fingerprint density at radius 3 is 2.33 bits per heavy atom. The molecule has 0 aliphatic heterocycles. The lowest BCUT2D eigenvalue weighted by Crippen LogP contribution is -1.99. The first kappa shape index (κ1) is 10.1. The van der Waals surface area contributed by atoms with Crippen LogP contribution in [0.3, 0.4) is 0 Å². The molecule has 1 heterocycles. The minimum atomic E-state index is -0.643. The average Bonchev–Trinajstić information content (AvgIpc) is 2.30. The van der Waals surface area contributed by atoms with Gasteiger partial charge < -0.3 is 5.11 Å². The van der Waals surface area contributed by atoms with Crippen molar-refractivity contribution in [2.24, 2.45) is 0 Å². The van der Waals surface area contributed by atoms with E-state index in [1.165, 1.54) is 0 Å². The minimum absolute atomic E-state index is 0.430. The highest BCUT2D eigenvalue weighted by Gasteiger charge is 2.09. The Morgan fingerprint density at radius 2 is 1.73 bits per heavy atom. The van der Waals surface area contributed by atoms with Crippen molar-refractivity contribution in [2.45, 2.75) is 6.10 Å². The molecule has 1 aromatic heterocycles. The van der Waals surface area contributed by atoms with Crippen LogP contribution in [-0.2, 0) is 0 Å². The molecule has 0 saturated heterocycles. The zero-order valence-corrected chi connectivity index (χ0v) is 8.72. The van der Waals surface area contributed by atoms with Gasteiger partial charge in [0.2, 0.25) is 0 Å². The van der Waals surface area contributed by atoms with Crippen LogP contribution in [0.4, 0.5) is 0 Å². The lowest BCUT2D eigenvalue weighted by atomic mass is 10.0. The quantitative estimate of drug-likeness (QED) is 0.788. The van der Waals surface area contributed by atoms with Gasteiger partial charge in [0.25, 0.3) is 0 Å². The van der Waals surface area contributed by atoms with Crippen LogP contribution in [0.15, 0.2) is 48.7 Å². The van der Waals surface area contributed by atoms with E-state index in [1.54, 1.807) is 18.3 Å². The van der Waals surface area contributed by atoms with E-state index >= 15 is 0 Å². The fraction of sp³-hybridized carbons (Fsp3) is 0.0833. The van der Waals surface area contributed by atoms with E-state index in [9.17, 15) is 5.11 Å². The Hall–Kier alpha value is -1.38. The molecule has 2 aromatic rings. The average molecular weight is 220 g/mol. The molecule has 76 valence electrons.